The van der Waals surface area contributed by atoms with Gasteiger partial charge >= 0.3 is 6.18 Å². The molecule has 0 spiro atoms. The molecule has 2 aliphatic rings. The van der Waals surface area contributed by atoms with E-state index in [1.54, 1.807) is 30.9 Å². The molecule has 0 bridgehead atoms. The summed E-state index contributed by atoms with van der Waals surface area (Å²) < 4.78 is 42.0. The van der Waals surface area contributed by atoms with Crippen molar-refractivity contribution < 1.29 is 32.6 Å². The lowest BCUT2D eigenvalue weighted by molar-refractivity contribution is -0.154. The number of hydrogen-bond acceptors (Lipinski definition) is 6. The van der Waals surface area contributed by atoms with Crippen molar-refractivity contribution in [1.29, 1.82) is 0 Å². The Bertz CT molecular complexity index is 1080. The van der Waals surface area contributed by atoms with Crippen molar-refractivity contribution in [2.75, 3.05) is 18.1 Å². The number of aliphatic hydroxyl groups is 1. The van der Waals surface area contributed by atoms with E-state index in [1.165, 1.54) is 17.3 Å². The van der Waals surface area contributed by atoms with Gasteiger partial charge in [0.15, 0.2) is 6.61 Å². The lowest BCUT2D eigenvalue weighted by atomic mass is 10.1. The number of nitrogens with zero attached hydrogens (tertiary/aromatic N) is 4. The third-order valence-electron chi connectivity index (χ3n) is 5.66. The molecule has 1 saturated heterocycles. The van der Waals surface area contributed by atoms with E-state index in [0.717, 1.165) is 0 Å². The fraction of sp³-hybridized carbons (Fsp3) is 0.429. The Morgan fingerprint density at radius 1 is 1.31 bits per heavy atom. The van der Waals surface area contributed by atoms with E-state index < -0.39 is 30.8 Å². The Morgan fingerprint density at radius 3 is 2.69 bits per heavy atom. The first kappa shape index (κ1) is 22.0. The first-order chi connectivity index (χ1) is 15.1. The van der Waals surface area contributed by atoms with Crippen molar-refractivity contribution in [2.45, 2.75) is 45.1 Å². The summed E-state index contributed by atoms with van der Waals surface area (Å²) in [6, 6.07) is 2.78. The maximum atomic E-state index is 13.1. The van der Waals surface area contributed by atoms with Gasteiger partial charge in [-0.05, 0) is 31.5 Å². The molecule has 2 amide bonds. The lowest BCUT2D eigenvalue weighted by Gasteiger charge is -2.25. The third-order valence-corrected chi connectivity index (χ3v) is 5.66. The van der Waals surface area contributed by atoms with Gasteiger partial charge in [0.2, 0.25) is 5.88 Å². The standard InChI is InChI=1S/C21H21F3N4O4/c1-11-7-13(8-26-18(11)32-10-21(22,23)24)12(2)28-9-15-14(19(28)30)3-5-25-17(15)27-6-4-16(29)20(27)31/h3,5,7-8,12,16,29H,4,6,9-10H2,1-2H3/t12?,16-/m0/s1. The lowest BCUT2D eigenvalue weighted by Crippen LogP contribution is -2.31. The van der Waals surface area contributed by atoms with Crippen LogP contribution in [0, 0.1) is 6.92 Å². The number of alkyl halides is 3. The summed E-state index contributed by atoms with van der Waals surface area (Å²) >= 11 is 0. The molecule has 2 aromatic rings. The zero-order chi connectivity index (χ0) is 23.2. The molecule has 4 rings (SSSR count). The van der Waals surface area contributed by atoms with Crippen molar-refractivity contribution in [2.24, 2.45) is 0 Å². The van der Waals surface area contributed by atoms with Crippen LogP contribution in [0.1, 0.15) is 46.4 Å². The number of halogens is 3. The number of fused-ring (bicyclic) bond motifs is 1. The minimum absolute atomic E-state index is 0.119. The highest BCUT2D eigenvalue weighted by Gasteiger charge is 2.39. The second-order valence-electron chi connectivity index (χ2n) is 7.86. The summed E-state index contributed by atoms with van der Waals surface area (Å²) in [6.45, 7) is 2.45. The Labute approximate surface area is 181 Å². The number of aromatic nitrogens is 2. The van der Waals surface area contributed by atoms with Crippen molar-refractivity contribution >= 4 is 17.6 Å². The number of pyridine rings is 2. The van der Waals surface area contributed by atoms with Crippen LogP contribution in [0.3, 0.4) is 0 Å². The molecule has 2 aromatic heterocycles. The molecule has 4 heterocycles. The maximum Gasteiger partial charge on any atom is 0.422 e. The minimum Gasteiger partial charge on any atom is -0.468 e. The van der Waals surface area contributed by atoms with Crippen molar-refractivity contribution in [3.63, 3.8) is 0 Å². The van der Waals surface area contributed by atoms with Crippen LogP contribution >= 0.6 is 0 Å². The van der Waals surface area contributed by atoms with E-state index in [-0.39, 0.29) is 18.3 Å². The molecule has 1 unspecified atom stereocenters. The molecule has 0 aliphatic carbocycles. The van der Waals surface area contributed by atoms with Crippen LogP contribution in [0.15, 0.2) is 24.5 Å². The van der Waals surface area contributed by atoms with Crippen molar-refractivity contribution in [1.82, 2.24) is 14.9 Å². The largest absolute Gasteiger partial charge is 0.468 e. The molecule has 32 heavy (non-hydrogen) atoms. The van der Waals surface area contributed by atoms with Gasteiger partial charge in [-0.25, -0.2) is 9.97 Å². The highest BCUT2D eigenvalue weighted by Crippen LogP contribution is 2.36. The molecule has 11 heteroatoms. The monoisotopic (exact) mass is 450 g/mol. The normalized spacial score (nSPS) is 19.5. The number of carbonyl (C=O) groups is 2. The van der Waals surface area contributed by atoms with Crippen molar-refractivity contribution in [3.8, 4) is 5.88 Å². The molecule has 2 atom stereocenters. The van der Waals surface area contributed by atoms with Crippen LogP contribution < -0.4 is 9.64 Å². The number of amides is 2. The second-order valence-corrected chi connectivity index (χ2v) is 7.86. The topological polar surface area (TPSA) is 95.9 Å². The van der Waals surface area contributed by atoms with Crippen LogP contribution in [-0.4, -0.2) is 57.2 Å². The van der Waals surface area contributed by atoms with Crippen LogP contribution in [0.25, 0.3) is 0 Å². The van der Waals surface area contributed by atoms with Gasteiger partial charge in [0.1, 0.15) is 11.9 Å². The Hall–Kier alpha value is -3.21. The number of hydrogen-bond donors (Lipinski definition) is 1. The molecule has 0 aromatic carbocycles. The van der Waals surface area contributed by atoms with Gasteiger partial charge < -0.3 is 14.7 Å². The number of anilines is 1. The number of rotatable bonds is 5. The van der Waals surface area contributed by atoms with E-state index in [4.69, 9.17) is 4.74 Å². The summed E-state index contributed by atoms with van der Waals surface area (Å²) in [7, 11) is 0. The van der Waals surface area contributed by atoms with E-state index in [9.17, 15) is 27.9 Å². The van der Waals surface area contributed by atoms with E-state index in [1.807, 2.05) is 0 Å². The van der Waals surface area contributed by atoms with Crippen LogP contribution in [0.4, 0.5) is 19.0 Å². The molecule has 0 saturated carbocycles. The third kappa shape index (κ3) is 3.99. The average molecular weight is 450 g/mol. The van der Waals surface area contributed by atoms with Gasteiger partial charge in [0.05, 0.1) is 12.6 Å². The number of carbonyl (C=O) groups excluding carboxylic acids is 2. The van der Waals surface area contributed by atoms with Crippen molar-refractivity contribution in [3.05, 3.63) is 46.8 Å². The number of aryl methyl sites for hydroxylation is 1. The first-order valence-corrected chi connectivity index (χ1v) is 10.0. The van der Waals surface area contributed by atoms with Gasteiger partial charge in [-0.15, -0.1) is 0 Å². The average Bonchev–Trinajstić information content (AvgIpc) is 3.25. The molecule has 2 aliphatic heterocycles. The smallest absolute Gasteiger partial charge is 0.422 e. The molecule has 170 valence electrons. The number of ether oxygens (including phenoxy) is 1. The van der Waals surface area contributed by atoms with E-state index >= 15 is 0 Å². The fourth-order valence-corrected chi connectivity index (χ4v) is 3.95. The van der Waals surface area contributed by atoms with E-state index in [2.05, 4.69) is 9.97 Å². The molecule has 8 nitrogen and oxygen atoms in total. The van der Waals surface area contributed by atoms with Crippen LogP contribution in [0.2, 0.25) is 0 Å². The summed E-state index contributed by atoms with van der Waals surface area (Å²) in [5.41, 5.74) is 2.07. The Morgan fingerprint density at radius 2 is 2.06 bits per heavy atom. The predicted octanol–water partition coefficient (Wildman–Crippen LogP) is 2.54. The van der Waals surface area contributed by atoms with Gasteiger partial charge in [0.25, 0.3) is 11.8 Å². The summed E-state index contributed by atoms with van der Waals surface area (Å²) in [4.78, 5) is 36.6. The van der Waals surface area contributed by atoms with Gasteiger partial charge in [-0.1, -0.05) is 0 Å². The van der Waals surface area contributed by atoms with Gasteiger partial charge in [-0.2, -0.15) is 13.2 Å². The SMILES string of the molecule is Cc1cc(C(C)N2Cc3c(ccnc3N3CC[C@H](O)C3=O)C2=O)cnc1OCC(F)(F)F. The fourth-order valence-electron chi connectivity index (χ4n) is 3.95. The zero-order valence-electron chi connectivity index (χ0n) is 17.4. The highest BCUT2D eigenvalue weighted by atomic mass is 19.4. The zero-order valence-corrected chi connectivity index (χ0v) is 17.4. The summed E-state index contributed by atoms with van der Waals surface area (Å²) in [6.07, 6.45) is -2.40. The molecule has 0 radical (unpaired) electrons. The Balaban J connectivity index is 1.56. The summed E-state index contributed by atoms with van der Waals surface area (Å²) in [5, 5.41) is 9.77. The van der Waals surface area contributed by atoms with Crippen LogP contribution in [-0.2, 0) is 11.3 Å². The van der Waals surface area contributed by atoms with Gasteiger partial charge in [-0.3, -0.25) is 14.5 Å². The minimum atomic E-state index is -4.47. The predicted molar refractivity (Wildman–Crippen MR) is 106 cm³/mol. The van der Waals surface area contributed by atoms with Crippen LogP contribution in [0.5, 0.6) is 5.88 Å². The molecular weight excluding hydrogens is 429 g/mol. The summed E-state index contributed by atoms with van der Waals surface area (Å²) in [5.74, 6) is -0.457. The number of aliphatic hydroxyl groups excluding tert-OH is 1. The highest BCUT2D eigenvalue weighted by molar-refractivity contribution is 6.03. The van der Waals surface area contributed by atoms with E-state index in [0.29, 0.717) is 41.0 Å². The first-order valence-electron chi connectivity index (χ1n) is 10.0. The second kappa shape index (κ2) is 8.05. The molecular formula is C21H21F3N4O4. The molecule has 1 N–H and O–H groups in total. The molecule has 1 fully saturated rings. The van der Waals surface area contributed by atoms with Gasteiger partial charge in [0, 0.05) is 42.0 Å². The quantitative estimate of drug-likeness (QED) is 0.752. The Kier molecular flexibility index (Phi) is 5.53. The maximum absolute atomic E-state index is 13.1.